The van der Waals surface area contributed by atoms with Crippen LogP contribution in [0.1, 0.15) is 17.2 Å². The highest BCUT2D eigenvalue weighted by atomic mass is 32.2. The van der Waals surface area contributed by atoms with E-state index < -0.39 is 0 Å². The fraction of sp³-hybridized carbons (Fsp3) is 0.200. The van der Waals surface area contributed by atoms with E-state index in [0.717, 1.165) is 16.9 Å². The molecule has 3 heteroatoms. The molecule has 0 amide bonds. The molecule has 0 spiro atoms. The first-order valence-corrected chi connectivity index (χ1v) is 7.00. The van der Waals surface area contributed by atoms with Gasteiger partial charge >= 0.3 is 0 Å². The lowest BCUT2D eigenvalue weighted by atomic mass is 9.99. The molecule has 0 bridgehead atoms. The van der Waals surface area contributed by atoms with Crippen LogP contribution in [0.2, 0.25) is 0 Å². The highest BCUT2D eigenvalue weighted by Crippen LogP contribution is 2.24. The third kappa shape index (κ3) is 2.86. The maximum absolute atomic E-state index is 6.27. The monoisotopic (exact) mass is 259 g/mol. The summed E-state index contributed by atoms with van der Waals surface area (Å²) in [4.78, 5) is 1.25. The van der Waals surface area contributed by atoms with Crippen LogP contribution in [0.5, 0.6) is 5.75 Å². The molecule has 0 aliphatic heterocycles. The van der Waals surface area contributed by atoms with Crippen LogP contribution in [0.15, 0.2) is 53.4 Å². The normalized spacial score (nSPS) is 12.2. The number of nitrogens with two attached hydrogens (primary N) is 1. The van der Waals surface area contributed by atoms with E-state index in [1.165, 1.54) is 4.90 Å². The molecule has 1 unspecified atom stereocenters. The van der Waals surface area contributed by atoms with E-state index in [0.29, 0.717) is 0 Å². The Hall–Kier alpha value is -1.45. The van der Waals surface area contributed by atoms with Crippen LogP contribution in [-0.4, -0.2) is 13.4 Å². The van der Waals surface area contributed by atoms with Crippen molar-refractivity contribution in [2.45, 2.75) is 10.9 Å². The van der Waals surface area contributed by atoms with Crippen LogP contribution in [0.3, 0.4) is 0 Å². The molecule has 2 aromatic rings. The van der Waals surface area contributed by atoms with Crippen LogP contribution in [0.25, 0.3) is 0 Å². The number of ether oxygens (including phenoxy) is 1. The Balaban J connectivity index is 2.25. The van der Waals surface area contributed by atoms with Crippen molar-refractivity contribution >= 4 is 11.8 Å². The molecule has 1 atom stereocenters. The number of hydrogen-bond donors (Lipinski definition) is 1. The number of methoxy groups -OCH3 is 1. The summed E-state index contributed by atoms with van der Waals surface area (Å²) < 4.78 is 5.22. The summed E-state index contributed by atoms with van der Waals surface area (Å²) >= 11 is 1.73. The van der Waals surface area contributed by atoms with E-state index in [1.807, 2.05) is 24.3 Å². The summed E-state index contributed by atoms with van der Waals surface area (Å²) in [6.07, 6.45) is 2.07. The highest BCUT2D eigenvalue weighted by Gasteiger charge is 2.09. The quantitative estimate of drug-likeness (QED) is 0.854. The van der Waals surface area contributed by atoms with Gasteiger partial charge in [0.1, 0.15) is 5.75 Å². The van der Waals surface area contributed by atoms with E-state index >= 15 is 0 Å². The smallest absolute Gasteiger partial charge is 0.119 e. The lowest BCUT2D eigenvalue weighted by Gasteiger charge is -2.14. The molecule has 2 N–H and O–H groups in total. The first kappa shape index (κ1) is 13.0. The standard InChI is InChI=1S/C15H17NOS/c1-17-13-5-3-4-12(10-13)15(16)11-6-8-14(18-2)9-7-11/h3-10,15H,16H2,1-2H3. The van der Waals surface area contributed by atoms with Crippen LogP contribution < -0.4 is 10.5 Å². The van der Waals surface area contributed by atoms with Crippen LogP contribution in [-0.2, 0) is 0 Å². The zero-order valence-corrected chi connectivity index (χ0v) is 11.4. The fourth-order valence-electron chi connectivity index (χ4n) is 1.84. The van der Waals surface area contributed by atoms with Gasteiger partial charge in [-0.15, -0.1) is 11.8 Å². The summed E-state index contributed by atoms with van der Waals surface area (Å²) in [5.41, 5.74) is 8.44. The van der Waals surface area contributed by atoms with Gasteiger partial charge < -0.3 is 10.5 Å². The summed E-state index contributed by atoms with van der Waals surface area (Å²) in [5.74, 6) is 0.837. The van der Waals surface area contributed by atoms with E-state index in [9.17, 15) is 0 Å². The summed E-state index contributed by atoms with van der Waals surface area (Å²) in [7, 11) is 1.66. The number of thioether (sulfide) groups is 1. The van der Waals surface area contributed by atoms with Gasteiger partial charge in [0.05, 0.1) is 13.2 Å². The first-order chi connectivity index (χ1) is 8.74. The topological polar surface area (TPSA) is 35.2 Å². The Morgan fingerprint density at radius 2 is 1.78 bits per heavy atom. The average Bonchev–Trinajstić information content (AvgIpc) is 2.46. The van der Waals surface area contributed by atoms with E-state index in [1.54, 1.807) is 18.9 Å². The molecule has 0 saturated heterocycles. The minimum absolute atomic E-state index is 0.115. The van der Waals surface area contributed by atoms with Crippen molar-refractivity contribution in [1.29, 1.82) is 0 Å². The zero-order chi connectivity index (χ0) is 13.0. The van der Waals surface area contributed by atoms with Gasteiger partial charge in [0.25, 0.3) is 0 Å². The fourth-order valence-corrected chi connectivity index (χ4v) is 2.25. The van der Waals surface area contributed by atoms with E-state index in [-0.39, 0.29) is 6.04 Å². The molecule has 0 fully saturated rings. The van der Waals surface area contributed by atoms with E-state index in [4.69, 9.17) is 10.5 Å². The van der Waals surface area contributed by atoms with Crippen molar-refractivity contribution in [1.82, 2.24) is 0 Å². The molecule has 0 aromatic heterocycles. The van der Waals surface area contributed by atoms with Crippen LogP contribution in [0.4, 0.5) is 0 Å². The van der Waals surface area contributed by atoms with Crippen LogP contribution in [0, 0.1) is 0 Å². The second-order valence-corrected chi connectivity index (χ2v) is 4.91. The van der Waals surface area contributed by atoms with E-state index in [2.05, 4.69) is 30.5 Å². The van der Waals surface area contributed by atoms with Gasteiger partial charge in [-0.05, 0) is 41.6 Å². The number of hydrogen-bond acceptors (Lipinski definition) is 3. The summed E-state index contributed by atoms with van der Waals surface area (Å²) in [5, 5.41) is 0. The third-order valence-electron chi connectivity index (χ3n) is 2.93. The summed E-state index contributed by atoms with van der Waals surface area (Å²) in [6.45, 7) is 0. The second kappa shape index (κ2) is 5.94. The number of rotatable bonds is 4. The summed E-state index contributed by atoms with van der Waals surface area (Å²) in [6, 6.07) is 16.1. The highest BCUT2D eigenvalue weighted by molar-refractivity contribution is 7.98. The van der Waals surface area contributed by atoms with Gasteiger partial charge in [0, 0.05) is 4.90 Å². The molecule has 2 nitrogen and oxygen atoms in total. The average molecular weight is 259 g/mol. The lowest BCUT2D eigenvalue weighted by molar-refractivity contribution is 0.414. The maximum atomic E-state index is 6.27. The van der Waals surface area contributed by atoms with Crippen molar-refractivity contribution in [3.63, 3.8) is 0 Å². The minimum Gasteiger partial charge on any atom is -0.497 e. The number of benzene rings is 2. The molecule has 2 rings (SSSR count). The van der Waals surface area contributed by atoms with Gasteiger partial charge in [-0.25, -0.2) is 0 Å². The van der Waals surface area contributed by atoms with Gasteiger partial charge in [0.15, 0.2) is 0 Å². The first-order valence-electron chi connectivity index (χ1n) is 5.78. The van der Waals surface area contributed by atoms with Crippen molar-refractivity contribution in [2.24, 2.45) is 5.73 Å². The predicted molar refractivity (Wildman–Crippen MR) is 77.2 cm³/mol. The van der Waals surface area contributed by atoms with Gasteiger partial charge in [-0.2, -0.15) is 0 Å². The van der Waals surface area contributed by atoms with Crippen LogP contribution >= 0.6 is 11.8 Å². The van der Waals surface area contributed by atoms with Crippen molar-refractivity contribution in [3.8, 4) is 5.75 Å². The molecule has 0 aliphatic carbocycles. The molecular weight excluding hydrogens is 242 g/mol. The Labute approximate surface area is 112 Å². The predicted octanol–water partition coefficient (Wildman–Crippen LogP) is 3.47. The maximum Gasteiger partial charge on any atom is 0.119 e. The molecule has 0 radical (unpaired) electrons. The molecule has 0 heterocycles. The van der Waals surface area contributed by atoms with Crippen molar-refractivity contribution in [2.75, 3.05) is 13.4 Å². The van der Waals surface area contributed by atoms with Crippen molar-refractivity contribution < 1.29 is 4.74 Å². The Kier molecular flexibility index (Phi) is 4.28. The molecule has 94 valence electrons. The molecule has 0 saturated carbocycles. The second-order valence-electron chi connectivity index (χ2n) is 4.03. The van der Waals surface area contributed by atoms with Gasteiger partial charge in [-0.1, -0.05) is 24.3 Å². The molecule has 0 aliphatic rings. The SMILES string of the molecule is COc1cccc(C(N)c2ccc(SC)cc2)c1. The van der Waals surface area contributed by atoms with Gasteiger partial charge in [-0.3, -0.25) is 0 Å². The molecular formula is C15H17NOS. The minimum atomic E-state index is -0.115. The molecule has 18 heavy (non-hydrogen) atoms. The van der Waals surface area contributed by atoms with Gasteiger partial charge in [0.2, 0.25) is 0 Å². The Morgan fingerprint density at radius 3 is 2.39 bits per heavy atom. The zero-order valence-electron chi connectivity index (χ0n) is 10.6. The molecule has 2 aromatic carbocycles. The largest absolute Gasteiger partial charge is 0.497 e. The Bertz CT molecular complexity index is 510. The van der Waals surface area contributed by atoms with Crippen molar-refractivity contribution in [3.05, 3.63) is 59.7 Å². The third-order valence-corrected chi connectivity index (χ3v) is 3.67. The Morgan fingerprint density at radius 1 is 1.06 bits per heavy atom. The lowest BCUT2D eigenvalue weighted by Crippen LogP contribution is -2.11.